The van der Waals surface area contributed by atoms with Crippen LogP contribution in [0.2, 0.25) is 0 Å². The number of hydrogen-bond acceptors (Lipinski definition) is 4. The number of hydrogen-bond donors (Lipinski definition) is 2. The fourth-order valence-electron chi connectivity index (χ4n) is 1.99. The Balaban J connectivity index is 2.62. The zero-order valence-electron chi connectivity index (χ0n) is 12.5. The van der Waals surface area contributed by atoms with E-state index in [1.807, 2.05) is 13.8 Å². The van der Waals surface area contributed by atoms with Crippen LogP contribution in [0, 0.1) is 18.3 Å². The highest BCUT2D eigenvalue weighted by molar-refractivity contribution is 5.79. The Labute approximate surface area is 115 Å². The molecule has 5 nitrogen and oxygen atoms in total. The van der Waals surface area contributed by atoms with Crippen molar-refractivity contribution in [2.24, 2.45) is 17.1 Å². The summed E-state index contributed by atoms with van der Waals surface area (Å²) in [7, 11) is 0. The molecule has 108 valence electrons. The quantitative estimate of drug-likeness (QED) is 0.856. The lowest BCUT2D eigenvalue weighted by Crippen LogP contribution is -2.38. The van der Waals surface area contributed by atoms with Crippen molar-refractivity contribution in [3.8, 4) is 0 Å². The molecule has 1 heterocycles. The summed E-state index contributed by atoms with van der Waals surface area (Å²) in [5.41, 5.74) is 5.77. The number of nitrogens with two attached hydrogens (primary N) is 1. The smallest absolute Gasteiger partial charge is 0.225 e. The van der Waals surface area contributed by atoms with Gasteiger partial charge in [-0.1, -0.05) is 20.8 Å². The lowest BCUT2D eigenvalue weighted by Gasteiger charge is -2.25. The van der Waals surface area contributed by atoms with Crippen molar-refractivity contribution in [2.75, 3.05) is 6.54 Å². The molecule has 1 amide bonds. The predicted octanol–water partition coefficient (Wildman–Crippen LogP) is 2.17. The molecule has 1 rings (SSSR count). The van der Waals surface area contributed by atoms with E-state index < -0.39 is 0 Å². The molecule has 0 aliphatic carbocycles. The van der Waals surface area contributed by atoms with Crippen LogP contribution in [-0.4, -0.2) is 17.4 Å². The van der Waals surface area contributed by atoms with Gasteiger partial charge in [0.05, 0.1) is 12.1 Å². The van der Waals surface area contributed by atoms with Crippen LogP contribution in [0.1, 0.15) is 51.8 Å². The summed E-state index contributed by atoms with van der Waals surface area (Å²) in [5.74, 6) is 1.04. The second kappa shape index (κ2) is 6.19. The van der Waals surface area contributed by atoms with Crippen LogP contribution < -0.4 is 11.1 Å². The summed E-state index contributed by atoms with van der Waals surface area (Å²) in [5, 5.41) is 2.91. The Hall–Kier alpha value is -1.36. The maximum absolute atomic E-state index is 12.2. The molecule has 19 heavy (non-hydrogen) atoms. The Bertz CT molecular complexity index is 421. The first-order valence-corrected chi connectivity index (χ1v) is 6.65. The van der Waals surface area contributed by atoms with Gasteiger partial charge in [-0.15, -0.1) is 0 Å². The molecule has 3 N–H and O–H groups in total. The van der Waals surface area contributed by atoms with E-state index >= 15 is 0 Å². The van der Waals surface area contributed by atoms with E-state index in [1.165, 1.54) is 0 Å². The molecule has 0 bridgehead atoms. The second-order valence-electron chi connectivity index (χ2n) is 6.24. The summed E-state index contributed by atoms with van der Waals surface area (Å²) in [4.78, 5) is 16.3. The topological polar surface area (TPSA) is 81.2 Å². The number of oxazole rings is 1. The monoisotopic (exact) mass is 267 g/mol. The van der Waals surface area contributed by atoms with Crippen LogP contribution in [0.15, 0.2) is 10.6 Å². The number of aryl methyl sites for hydroxylation is 1. The molecule has 0 aromatic carbocycles. The maximum atomic E-state index is 12.2. The van der Waals surface area contributed by atoms with Crippen LogP contribution in [-0.2, 0) is 4.79 Å². The van der Waals surface area contributed by atoms with E-state index in [1.54, 1.807) is 6.20 Å². The fraction of sp³-hybridized carbons (Fsp3) is 0.714. The summed E-state index contributed by atoms with van der Waals surface area (Å²) in [6.07, 6.45) is 2.40. The number of carbonyl (C=O) groups is 1. The molecule has 2 unspecified atom stereocenters. The van der Waals surface area contributed by atoms with Crippen LogP contribution in [0.5, 0.6) is 0 Å². The summed E-state index contributed by atoms with van der Waals surface area (Å²) >= 11 is 0. The fourth-order valence-corrected chi connectivity index (χ4v) is 1.99. The van der Waals surface area contributed by atoms with Crippen molar-refractivity contribution in [3.63, 3.8) is 0 Å². The van der Waals surface area contributed by atoms with Crippen molar-refractivity contribution in [1.29, 1.82) is 0 Å². The SMILES string of the molecule is Cc1cnc(C(C)NC(=O)C(CN)CC(C)(C)C)o1. The lowest BCUT2D eigenvalue weighted by molar-refractivity contribution is -0.126. The van der Waals surface area contributed by atoms with Gasteiger partial charge in [-0.05, 0) is 25.7 Å². The number of aromatic nitrogens is 1. The van der Waals surface area contributed by atoms with Gasteiger partial charge in [0.25, 0.3) is 0 Å². The highest BCUT2D eigenvalue weighted by Gasteiger charge is 2.25. The molecular weight excluding hydrogens is 242 g/mol. The Morgan fingerprint density at radius 1 is 1.53 bits per heavy atom. The molecule has 0 aliphatic rings. The first-order chi connectivity index (χ1) is 8.73. The van der Waals surface area contributed by atoms with Gasteiger partial charge in [0.15, 0.2) is 0 Å². The number of carbonyl (C=O) groups excluding carboxylic acids is 1. The lowest BCUT2D eigenvalue weighted by atomic mass is 9.84. The third-order valence-electron chi connectivity index (χ3n) is 2.88. The summed E-state index contributed by atoms with van der Waals surface area (Å²) in [6, 6.07) is -0.241. The molecule has 5 heteroatoms. The van der Waals surface area contributed by atoms with Gasteiger partial charge in [-0.25, -0.2) is 4.98 Å². The van der Waals surface area contributed by atoms with Gasteiger partial charge in [-0.2, -0.15) is 0 Å². The van der Waals surface area contributed by atoms with Crippen molar-refractivity contribution < 1.29 is 9.21 Å². The maximum Gasteiger partial charge on any atom is 0.225 e. The molecule has 2 atom stereocenters. The van der Waals surface area contributed by atoms with E-state index in [4.69, 9.17) is 10.2 Å². The van der Waals surface area contributed by atoms with Crippen LogP contribution >= 0.6 is 0 Å². The van der Waals surface area contributed by atoms with Crippen LogP contribution in [0.4, 0.5) is 0 Å². The van der Waals surface area contributed by atoms with Gasteiger partial charge >= 0.3 is 0 Å². The van der Waals surface area contributed by atoms with Crippen LogP contribution in [0.25, 0.3) is 0 Å². The normalized spacial score (nSPS) is 15.1. The Morgan fingerprint density at radius 3 is 2.58 bits per heavy atom. The average molecular weight is 267 g/mol. The Kier molecular flexibility index (Phi) is 5.11. The number of amides is 1. The number of nitrogens with zero attached hydrogens (tertiary/aromatic N) is 1. The van der Waals surface area contributed by atoms with Gasteiger partial charge < -0.3 is 15.5 Å². The highest BCUT2D eigenvalue weighted by atomic mass is 16.4. The predicted molar refractivity (Wildman–Crippen MR) is 74.4 cm³/mol. The van der Waals surface area contributed by atoms with Gasteiger partial charge in [0, 0.05) is 6.54 Å². The Morgan fingerprint density at radius 2 is 2.16 bits per heavy atom. The van der Waals surface area contributed by atoms with Crippen molar-refractivity contribution in [1.82, 2.24) is 10.3 Å². The van der Waals surface area contributed by atoms with Crippen molar-refractivity contribution in [3.05, 3.63) is 17.8 Å². The number of nitrogens with one attached hydrogen (secondary N) is 1. The summed E-state index contributed by atoms with van der Waals surface area (Å²) < 4.78 is 5.40. The molecule has 1 aromatic rings. The molecule has 0 spiro atoms. The molecule has 1 aromatic heterocycles. The molecule has 0 fully saturated rings. The van der Waals surface area contributed by atoms with E-state index in [2.05, 4.69) is 31.1 Å². The average Bonchev–Trinajstić information content (AvgIpc) is 2.71. The first kappa shape index (κ1) is 15.7. The van der Waals surface area contributed by atoms with Crippen LogP contribution in [0.3, 0.4) is 0 Å². The molecule has 0 saturated heterocycles. The van der Waals surface area contributed by atoms with E-state index in [0.717, 1.165) is 12.2 Å². The molecule has 0 radical (unpaired) electrons. The minimum atomic E-state index is -0.241. The largest absolute Gasteiger partial charge is 0.444 e. The third kappa shape index (κ3) is 5.03. The third-order valence-corrected chi connectivity index (χ3v) is 2.88. The molecule has 0 saturated carbocycles. The van der Waals surface area contributed by atoms with Crippen molar-refractivity contribution >= 4 is 5.91 Å². The van der Waals surface area contributed by atoms with Gasteiger partial charge in [-0.3, -0.25) is 4.79 Å². The van der Waals surface area contributed by atoms with E-state index in [-0.39, 0.29) is 23.3 Å². The first-order valence-electron chi connectivity index (χ1n) is 6.65. The standard InChI is InChI=1S/C14H25N3O2/c1-9-8-16-13(19-9)10(2)17-12(18)11(7-15)6-14(3,4)5/h8,10-11H,6-7,15H2,1-5H3,(H,17,18). The second-order valence-corrected chi connectivity index (χ2v) is 6.24. The molecule has 0 aliphatic heterocycles. The zero-order valence-corrected chi connectivity index (χ0v) is 12.5. The summed E-state index contributed by atoms with van der Waals surface area (Å²) in [6.45, 7) is 10.3. The van der Waals surface area contributed by atoms with Gasteiger partial charge in [0.2, 0.25) is 11.8 Å². The minimum Gasteiger partial charge on any atom is -0.444 e. The zero-order chi connectivity index (χ0) is 14.6. The minimum absolute atomic E-state index is 0.0409. The van der Waals surface area contributed by atoms with Gasteiger partial charge in [0.1, 0.15) is 11.8 Å². The van der Waals surface area contributed by atoms with E-state index in [0.29, 0.717) is 12.4 Å². The molecular formula is C14H25N3O2. The number of rotatable bonds is 5. The van der Waals surface area contributed by atoms with Crippen molar-refractivity contribution in [2.45, 2.75) is 47.1 Å². The highest BCUT2D eigenvalue weighted by Crippen LogP contribution is 2.24. The van der Waals surface area contributed by atoms with E-state index in [9.17, 15) is 4.79 Å².